The van der Waals surface area contributed by atoms with Crippen LogP contribution in [0.1, 0.15) is 57.1 Å². The van der Waals surface area contributed by atoms with E-state index in [1.807, 2.05) is 0 Å². The Morgan fingerprint density at radius 2 is 2.20 bits per heavy atom. The summed E-state index contributed by atoms with van der Waals surface area (Å²) in [7, 11) is 0. The average Bonchev–Trinajstić information content (AvgIpc) is 2.76. The van der Waals surface area contributed by atoms with Crippen molar-refractivity contribution in [3.05, 3.63) is 23.2 Å². The van der Waals surface area contributed by atoms with Crippen LogP contribution in [0, 0.1) is 12.8 Å². The number of rotatable bonds is 6. The summed E-state index contributed by atoms with van der Waals surface area (Å²) in [4.78, 5) is 2.61. The molecule has 1 aromatic heterocycles. The van der Waals surface area contributed by atoms with E-state index in [4.69, 9.17) is 4.42 Å². The summed E-state index contributed by atoms with van der Waals surface area (Å²) in [5.74, 6) is 2.97. The van der Waals surface area contributed by atoms with Crippen LogP contribution in [-0.4, -0.2) is 24.0 Å². The molecule has 114 valence electrons. The predicted octanol–water partition coefficient (Wildman–Crippen LogP) is 3.71. The maximum atomic E-state index is 5.88. The van der Waals surface area contributed by atoms with E-state index in [-0.39, 0.29) is 0 Å². The molecule has 1 aromatic rings. The minimum atomic E-state index is 0.680. The second-order valence-corrected chi connectivity index (χ2v) is 6.30. The Balaban J connectivity index is 1.95. The van der Waals surface area contributed by atoms with Gasteiger partial charge in [-0.25, -0.2) is 0 Å². The van der Waals surface area contributed by atoms with Crippen LogP contribution in [0.4, 0.5) is 0 Å². The van der Waals surface area contributed by atoms with Crippen LogP contribution in [0.2, 0.25) is 0 Å². The molecule has 1 aliphatic heterocycles. The van der Waals surface area contributed by atoms with Crippen molar-refractivity contribution in [2.75, 3.05) is 13.1 Å². The number of aryl methyl sites for hydroxylation is 1. The van der Waals surface area contributed by atoms with E-state index in [0.717, 1.165) is 43.5 Å². The molecule has 1 aliphatic rings. The summed E-state index contributed by atoms with van der Waals surface area (Å²) in [6, 6.07) is 2.92. The molecule has 2 heterocycles. The zero-order chi connectivity index (χ0) is 14.5. The maximum absolute atomic E-state index is 5.88. The normalized spacial score (nSPS) is 24.2. The molecule has 3 heteroatoms. The molecule has 20 heavy (non-hydrogen) atoms. The Bertz CT molecular complexity index is 413. The fraction of sp³-hybridized carbons (Fsp3) is 0.765. The van der Waals surface area contributed by atoms with Crippen molar-refractivity contribution in [2.24, 2.45) is 5.92 Å². The first kappa shape index (κ1) is 15.6. The second-order valence-electron chi connectivity index (χ2n) is 6.30. The van der Waals surface area contributed by atoms with E-state index in [2.05, 4.69) is 44.0 Å². The van der Waals surface area contributed by atoms with Crippen molar-refractivity contribution in [1.82, 2.24) is 10.2 Å². The van der Waals surface area contributed by atoms with E-state index in [9.17, 15) is 0 Å². The highest BCUT2D eigenvalue weighted by Crippen LogP contribution is 2.26. The predicted molar refractivity (Wildman–Crippen MR) is 83.7 cm³/mol. The Morgan fingerprint density at radius 3 is 2.95 bits per heavy atom. The van der Waals surface area contributed by atoms with E-state index in [1.54, 1.807) is 0 Å². The van der Waals surface area contributed by atoms with Gasteiger partial charge in [-0.15, -0.1) is 0 Å². The lowest BCUT2D eigenvalue weighted by Crippen LogP contribution is -2.41. The first-order valence-electron chi connectivity index (χ1n) is 8.14. The lowest BCUT2D eigenvalue weighted by atomic mass is 9.92. The van der Waals surface area contributed by atoms with Gasteiger partial charge in [-0.1, -0.05) is 13.8 Å². The molecule has 0 spiro atoms. The molecule has 0 aromatic carbocycles. The van der Waals surface area contributed by atoms with E-state index >= 15 is 0 Å². The monoisotopic (exact) mass is 278 g/mol. The van der Waals surface area contributed by atoms with Gasteiger partial charge in [0.2, 0.25) is 0 Å². The third-order valence-electron chi connectivity index (χ3n) is 4.68. The van der Waals surface area contributed by atoms with E-state index in [1.165, 1.54) is 24.9 Å². The number of hydrogen-bond acceptors (Lipinski definition) is 3. The van der Waals surface area contributed by atoms with Gasteiger partial charge in [0.05, 0.1) is 6.54 Å². The van der Waals surface area contributed by atoms with Gasteiger partial charge in [0.15, 0.2) is 0 Å². The number of furan rings is 1. The van der Waals surface area contributed by atoms with Crippen LogP contribution in [0.15, 0.2) is 10.5 Å². The number of piperidine rings is 1. The van der Waals surface area contributed by atoms with E-state index < -0.39 is 0 Å². The number of hydrogen-bond donors (Lipinski definition) is 1. The minimum Gasteiger partial charge on any atom is -0.465 e. The first-order valence-corrected chi connectivity index (χ1v) is 8.14. The zero-order valence-electron chi connectivity index (χ0n) is 13.5. The molecule has 3 nitrogen and oxygen atoms in total. The van der Waals surface area contributed by atoms with Crippen molar-refractivity contribution < 1.29 is 4.42 Å². The highest BCUT2D eigenvalue weighted by molar-refractivity contribution is 5.21. The molecule has 2 unspecified atom stereocenters. The highest BCUT2D eigenvalue weighted by Gasteiger charge is 2.25. The van der Waals surface area contributed by atoms with Crippen LogP contribution < -0.4 is 5.32 Å². The molecule has 0 bridgehead atoms. The molecular weight excluding hydrogens is 248 g/mol. The average molecular weight is 278 g/mol. The Morgan fingerprint density at radius 1 is 1.40 bits per heavy atom. The van der Waals surface area contributed by atoms with Crippen LogP contribution >= 0.6 is 0 Å². The lowest BCUT2D eigenvalue weighted by molar-refractivity contribution is 0.106. The molecule has 0 saturated carbocycles. The largest absolute Gasteiger partial charge is 0.465 e. The van der Waals surface area contributed by atoms with Crippen molar-refractivity contribution in [3.8, 4) is 0 Å². The quantitative estimate of drug-likeness (QED) is 0.804. The zero-order valence-corrected chi connectivity index (χ0v) is 13.5. The van der Waals surface area contributed by atoms with Crippen molar-refractivity contribution in [2.45, 2.75) is 66.1 Å². The van der Waals surface area contributed by atoms with Crippen LogP contribution in [-0.2, 0) is 13.1 Å². The smallest absolute Gasteiger partial charge is 0.118 e. The fourth-order valence-electron chi connectivity index (χ4n) is 3.08. The summed E-state index contributed by atoms with van der Waals surface area (Å²) < 4.78 is 5.88. The third-order valence-corrected chi connectivity index (χ3v) is 4.68. The Kier molecular flexibility index (Phi) is 5.67. The van der Waals surface area contributed by atoms with Gasteiger partial charge in [0.1, 0.15) is 11.5 Å². The Hall–Kier alpha value is -0.800. The standard InChI is InChI=1S/C17H30N2O/c1-5-8-18-11-17-10-16(15(4)20-17)12-19-9-6-7-13(2)14(19)3/h10,13-14,18H,5-9,11-12H2,1-4H3. The van der Waals surface area contributed by atoms with Gasteiger partial charge < -0.3 is 9.73 Å². The van der Waals surface area contributed by atoms with Crippen LogP contribution in [0.25, 0.3) is 0 Å². The molecule has 1 saturated heterocycles. The lowest BCUT2D eigenvalue weighted by Gasteiger charge is -2.37. The molecule has 1 N–H and O–H groups in total. The Labute approximate surface area is 123 Å². The summed E-state index contributed by atoms with van der Waals surface area (Å²) in [5, 5.41) is 3.40. The summed E-state index contributed by atoms with van der Waals surface area (Å²) in [6.07, 6.45) is 3.86. The number of nitrogens with zero attached hydrogens (tertiary/aromatic N) is 1. The molecule has 0 amide bonds. The van der Waals surface area contributed by atoms with Gasteiger partial charge in [0, 0.05) is 18.2 Å². The second kappa shape index (κ2) is 7.28. The summed E-state index contributed by atoms with van der Waals surface area (Å²) in [5.41, 5.74) is 1.36. The molecule has 1 fully saturated rings. The highest BCUT2D eigenvalue weighted by atomic mass is 16.3. The van der Waals surface area contributed by atoms with Crippen molar-refractivity contribution in [1.29, 1.82) is 0 Å². The molecule has 2 atom stereocenters. The topological polar surface area (TPSA) is 28.4 Å². The third kappa shape index (κ3) is 3.86. The van der Waals surface area contributed by atoms with Gasteiger partial charge in [-0.3, -0.25) is 4.90 Å². The fourth-order valence-corrected chi connectivity index (χ4v) is 3.08. The minimum absolute atomic E-state index is 0.680. The van der Waals surface area contributed by atoms with Crippen molar-refractivity contribution in [3.63, 3.8) is 0 Å². The SMILES string of the molecule is CCCNCc1cc(CN2CCCC(C)C2C)c(C)o1. The molecule has 0 aliphatic carbocycles. The summed E-state index contributed by atoms with van der Waals surface area (Å²) >= 11 is 0. The van der Waals surface area contributed by atoms with Gasteiger partial charge in [-0.2, -0.15) is 0 Å². The first-order chi connectivity index (χ1) is 9.61. The summed E-state index contributed by atoms with van der Waals surface area (Å²) in [6.45, 7) is 13.2. The maximum Gasteiger partial charge on any atom is 0.118 e. The van der Waals surface area contributed by atoms with Gasteiger partial charge >= 0.3 is 0 Å². The molecular formula is C17H30N2O. The van der Waals surface area contributed by atoms with Gasteiger partial charge in [0.25, 0.3) is 0 Å². The number of likely N-dealkylation sites (tertiary alicyclic amines) is 1. The molecule has 0 radical (unpaired) electrons. The van der Waals surface area contributed by atoms with Crippen molar-refractivity contribution >= 4 is 0 Å². The van der Waals surface area contributed by atoms with Crippen LogP contribution in [0.3, 0.4) is 0 Å². The molecule has 2 rings (SSSR count). The van der Waals surface area contributed by atoms with E-state index in [0.29, 0.717) is 6.04 Å². The number of nitrogens with one attached hydrogen (secondary N) is 1. The van der Waals surface area contributed by atoms with Crippen LogP contribution in [0.5, 0.6) is 0 Å². The van der Waals surface area contributed by atoms with Gasteiger partial charge in [-0.05, 0) is 58.2 Å².